The molecule has 1 atom stereocenters. The van der Waals surface area contributed by atoms with Gasteiger partial charge in [-0.3, -0.25) is 4.98 Å². The molecule has 21 heavy (non-hydrogen) atoms. The Kier molecular flexibility index (Phi) is 5.76. The van der Waals surface area contributed by atoms with Crippen molar-refractivity contribution >= 4 is 11.8 Å². The van der Waals surface area contributed by atoms with E-state index in [2.05, 4.69) is 46.5 Å². The number of rotatable bonds is 7. The fourth-order valence-electron chi connectivity index (χ4n) is 2.02. The highest BCUT2D eigenvalue weighted by atomic mass is 32.2. The van der Waals surface area contributed by atoms with Crippen molar-refractivity contribution in [2.24, 2.45) is 7.05 Å². The van der Waals surface area contributed by atoms with Gasteiger partial charge < -0.3 is 9.88 Å². The van der Waals surface area contributed by atoms with Gasteiger partial charge in [0.15, 0.2) is 5.16 Å². The minimum absolute atomic E-state index is 0.334. The summed E-state index contributed by atoms with van der Waals surface area (Å²) in [4.78, 5) is 5.68. The Morgan fingerprint density at radius 3 is 2.62 bits per heavy atom. The van der Waals surface area contributed by atoms with Crippen LogP contribution in [0.2, 0.25) is 0 Å². The largest absolute Gasteiger partial charge is 0.309 e. The third-order valence-electron chi connectivity index (χ3n) is 3.43. The summed E-state index contributed by atoms with van der Waals surface area (Å²) < 4.78 is 1.98. The molecular formula is C15H23N5S. The number of nitrogens with zero attached hydrogens (tertiary/aromatic N) is 4. The summed E-state index contributed by atoms with van der Waals surface area (Å²) >= 11 is 1.59. The molecule has 0 fully saturated rings. The Bertz CT molecular complexity index is 564. The Balaban J connectivity index is 2.06. The van der Waals surface area contributed by atoms with Crippen LogP contribution < -0.4 is 5.32 Å². The van der Waals surface area contributed by atoms with E-state index < -0.39 is 0 Å². The van der Waals surface area contributed by atoms with E-state index in [4.69, 9.17) is 0 Å². The number of pyridine rings is 1. The first kappa shape index (κ1) is 16.0. The first-order valence-electron chi connectivity index (χ1n) is 7.38. The highest BCUT2D eigenvalue weighted by Crippen LogP contribution is 2.26. The van der Waals surface area contributed by atoms with Crippen molar-refractivity contribution in [3.63, 3.8) is 0 Å². The van der Waals surface area contributed by atoms with Crippen LogP contribution in [0.5, 0.6) is 0 Å². The number of nitrogens with one attached hydrogen (secondary N) is 1. The van der Waals surface area contributed by atoms with Crippen LogP contribution in [0, 0.1) is 6.92 Å². The molecule has 0 amide bonds. The Labute approximate surface area is 130 Å². The second kappa shape index (κ2) is 7.56. The van der Waals surface area contributed by atoms with Crippen LogP contribution >= 0.6 is 11.8 Å². The SMILES string of the molecule is CCCNC(CC)c1ccc(Sc2nnc(C)n2C)cn1. The highest BCUT2D eigenvalue weighted by Gasteiger charge is 2.11. The van der Waals surface area contributed by atoms with Gasteiger partial charge >= 0.3 is 0 Å². The predicted octanol–water partition coefficient (Wildman–Crippen LogP) is 3.12. The molecule has 1 N–H and O–H groups in total. The fourth-order valence-corrected chi connectivity index (χ4v) is 2.82. The summed E-state index contributed by atoms with van der Waals surface area (Å²) in [5.74, 6) is 0.914. The molecule has 0 spiro atoms. The monoisotopic (exact) mass is 305 g/mol. The first-order valence-corrected chi connectivity index (χ1v) is 8.20. The van der Waals surface area contributed by atoms with Gasteiger partial charge in [-0.15, -0.1) is 10.2 Å². The summed E-state index contributed by atoms with van der Waals surface area (Å²) in [7, 11) is 1.97. The Morgan fingerprint density at radius 2 is 2.10 bits per heavy atom. The summed E-state index contributed by atoms with van der Waals surface area (Å²) in [5, 5.41) is 12.6. The van der Waals surface area contributed by atoms with Crippen LogP contribution in [0.15, 0.2) is 28.4 Å². The molecule has 0 aromatic carbocycles. The number of hydrogen-bond donors (Lipinski definition) is 1. The molecule has 2 rings (SSSR count). The molecule has 1 unspecified atom stereocenters. The molecule has 114 valence electrons. The molecule has 0 bridgehead atoms. The van der Waals surface area contributed by atoms with E-state index >= 15 is 0 Å². The van der Waals surface area contributed by atoms with E-state index in [0.717, 1.165) is 41.0 Å². The number of aryl methyl sites for hydroxylation is 1. The Hall–Kier alpha value is -1.40. The zero-order valence-corrected chi connectivity index (χ0v) is 13.9. The first-order chi connectivity index (χ1) is 10.2. The van der Waals surface area contributed by atoms with Crippen molar-refractivity contribution in [2.45, 2.75) is 49.7 Å². The summed E-state index contributed by atoms with van der Waals surface area (Å²) in [6.07, 6.45) is 4.10. The third-order valence-corrected chi connectivity index (χ3v) is 4.44. The van der Waals surface area contributed by atoms with Crippen LogP contribution in [0.3, 0.4) is 0 Å². The topological polar surface area (TPSA) is 55.6 Å². The van der Waals surface area contributed by atoms with Crippen LogP contribution in [-0.2, 0) is 7.05 Å². The quantitative estimate of drug-likeness (QED) is 0.852. The van der Waals surface area contributed by atoms with Crippen LogP contribution in [0.1, 0.15) is 44.2 Å². The number of aromatic nitrogens is 4. The van der Waals surface area contributed by atoms with E-state index in [9.17, 15) is 0 Å². The summed E-state index contributed by atoms with van der Waals surface area (Å²) in [6, 6.07) is 4.54. The van der Waals surface area contributed by atoms with E-state index in [-0.39, 0.29) is 0 Å². The second-order valence-corrected chi connectivity index (χ2v) is 6.07. The lowest BCUT2D eigenvalue weighted by atomic mass is 10.1. The van der Waals surface area contributed by atoms with Gasteiger partial charge in [-0.25, -0.2) is 0 Å². The van der Waals surface area contributed by atoms with Gasteiger partial charge in [0.05, 0.1) is 5.69 Å². The van der Waals surface area contributed by atoms with Crippen LogP contribution in [0.4, 0.5) is 0 Å². The van der Waals surface area contributed by atoms with Gasteiger partial charge in [0, 0.05) is 24.2 Å². The van der Waals surface area contributed by atoms with E-state index in [1.165, 1.54) is 0 Å². The van der Waals surface area contributed by atoms with Crippen molar-refractivity contribution < 1.29 is 0 Å². The average molecular weight is 305 g/mol. The zero-order valence-electron chi connectivity index (χ0n) is 13.1. The molecule has 2 aromatic rings. The van der Waals surface area contributed by atoms with Crippen molar-refractivity contribution in [3.8, 4) is 0 Å². The molecule has 0 aliphatic carbocycles. The lowest BCUT2D eigenvalue weighted by Gasteiger charge is -2.16. The van der Waals surface area contributed by atoms with Gasteiger partial charge in [0.1, 0.15) is 5.82 Å². The molecule has 5 nitrogen and oxygen atoms in total. The van der Waals surface area contributed by atoms with Gasteiger partial charge in [-0.2, -0.15) is 0 Å². The molecule has 2 aromatic heterocycles. The van der Waals surface area contributed by atoms with Gasteiger partial charge in [0.25, 0.3) is 0 Å². The lowest BCUT2D eigenvalue weighted by Crippen LogP contribution is -2.22. The van der Waals surface area contributed by atoms with Crippen molar-refractivity contribution in [3.05, 3.63) is 29.8 Å². The van der Waals surface area contributed by atoms with Crippen LogP contribution in [-0.4, -0.2) is 26.3 Å². The fraction of sp³-hybridized carbons (Fsp3) is 0.533. The summed E-state index contributed by atoms with van der Waals surface area (Å²) in [6.45, 7) is 7.33. The molecule has 0 radical (unpaired) electrons. The molecular weight excluding hydrogens is 282 g/mol. The average Bonchev–Trinajstić information content (AvgIpc) is 2.81. The molecule has 0 aliphatic rings. The maximum Gasteiger partial charge on any atom is 0.195 e. The van der Waals surface area contributed by atoms with Crippen molar-refractivity contribution in [2.75, 3.05) is 6.54 Å². The van der Waals surface area contributed by atoms with Crippen molar-refractivity contribution in [1.29, 1.82) is 0 Å². The standard InChI is InChI=1S/C15H23N5S/c1-5-9-16-13(6-2)14-8-7-12(10-17-14)21-15-19-18-11(3)20(15)4/h7-8,10,13,16H,5-6,9H2,1-4H3. The molecule has 2 heterocycles. The molecule has 0 saturated carbocycles. The van der Waals surface area contributed by atoms with E-state index in [1.807, 2.05) is 24.7 Å². The van der Waals surface area contributed by atoms with E-state index in [0.29, 0.717) is 6.04 Å². The normalized spacial score (nSPS) is 12.6. The zero-order chi connectivity index (χ0) is 15.2. The van der Waals surface area contributed by atoms with Gasteiger partial charge in [-0.05, 0) is 50.2 Å². The minimum atomic E-state index is 0.334. The van der Waals surface area contributed by atoms with E-state index in [1.54, 1.807) is 11.8 Å². The molecule has 0 aliphatic heterocycles. The molecule has 6 heteroatoms. The highest BCUT2D eigenvalue weighted by molar-refractivity contribution is 7.99. The smallest absolute Gasteiger partial charge is 0.195 e. The number of hydrogen-bond acceptors (Lipinski definition) is 5. The minimum Gasteiger partial charge on any atom is -0.309 e. The third kappa shape index (κ3) is 4.04. The van der Waals surface area contributed by atoms with Crippen LogP contribution in [0.25, 0.3) is 0 Å². The van der Waals surface area contributed by atoms with Gasteiger partial charge in [0.2, 0.25) is 0 Å². The lowest BCUT2D eigenvalue weighted by molar-refractivity contribution is 0.507. The summed E-state index contributed by atoms with van der Waals surface area (Å²) in [5.41, 5.74) is 1.10. The Morgan fingerprint density at radius 1 is 1.29 bits per heavy atom. The maximum absolute atomic E-state index is 4.59. The predicted molar refractivity (Wildman–Crippen MR) is 85.4 cm³/mol. The second-order valence-electron chi connectivity index (χ2n) is 5.02. The molecule has 0 saturated heterocycles. The van der Waals surface area contributed by atoms with Gasteiger partial charge in [-0.1, -0.05) is 13.8 Å². The maximum atomic E-state index is 4.59. The van der Waals surface area contributed by atoms with Crippen molar-refractivity contribution in [1.82, 2.24) is 25.1 Å².